The van der Waals surface area contributed by atoms with Crippen molar-refractivity contribution in [3.8, 4) is 11.5 Å². The fourth-order valence-electron chi connectivity index (χ4n) is 2.19. The summed E-state index contributed by atoms with van der Waals surface area (Å²) in [6.07, 6.45) is -0.121. The molecule has 0 aliphatic rings. The highest BCUT2D eigenvalue weighted by Gasteiger charge is 2.21. The summed E-state index contributed by atoms with van der Waals surface area (Å²) in [4.78, 5) is 54.2. The minimum Gasteiger partial charge on any atom is -0.504 e. The lowest BCUT2D eigenvalue weighted by Gasteiger charge is -2.16. The number of amides is 2. The van der Waals surface area contributed by atoms with Crippen LogP contribution in [-0.2, 0) is 30.4 Å². The Bertz CT molecular complexity index is 883. The van der Waals surface area contributed by atoms with Crippen LogP contribution in [-0.4, -0.2) is 85.7 Å². The predicted molar refractivity (Wildman–Crippen MR) is 120 cm³/mol. The van der Waals surface area contributed by atoms with Gasteiger partial charge in [-0.05, 0) is 30.5 Å². The number of carboxylic acids is 3. The molecule has 15 heteroatoms. The van der Waals surface area contributed by atoms with Gasteiger partial charge in [-0.25, -0.2) is 0 Å². The summed E-state index contributed by atoms with van der Waals surface area (Å²) in [5.41, 5.74) is 11.1. The molecule has 11 N–H and O–H groups in total. The van der Waals surface area contributed by atoms with Crippen molar-refractivity contribution in [2.75, 3.05) is 12.3 Å². The summed E-state index contributed by atoms with van der Waals surface area (Å²) in [6.45, 7) is -0.567. The molecule has 0 heterocycles. The Morgan fingerprint density at radius 1 is 0.941 bits per heavy atom. The molecule has 1 aromatic carbocycles. The van der Waals surface area contributed by atoms with E-state index in [1.54, 1.807) is 0 Å². The number of benzene rings is 1. The molecular formula is C19H28N4O10S. The van der Waals surface area contributed by atoms with E-state index in [-0.39, 0.29) is 36.5 Å². The van der Waals surface area contributed by atoms with Crippen LogP contribution in [0, 0.1) is 0 Å². The summed E-state index contributed by atoms with van der Waals surface area (Å²) >= 11 is 3.87. The van der Waals surface area contributed by atoms with E-state index in [4.69, 9.17) is 37.0 Å². The molecule has 0 spiro atoms. The van der Waals surface area contributed by atoms with Gasteiger partial charge in [-0.3, -0.25) is 24.0 Å². The van der Waals surface area contributed by atoms with E-state index in [0.29, 0.717) is 5.56 Å². The summed E-state index contributed by atoms with van der Waals surface area (Å²) in [6, 6.07) is 0.941. The number of carbonyl (C=O) groups excluding carboxylic acids is 2. The molecule has 3 atom stereocenters. The first-order chi connectivity index (χ1) is 15.8. The van der Waals surface area contributed by atoms with Crippen LogP contribution in [0.1, 0.15) is 18.4 Å². The van der Waals surface area contributed by atoms with Crippen LogP contribution in [0.3, 0.4) is 0 Å². The second-order valence-electron chi connectivity index (χ2n) is 6.87. The monoisotopic (exact) mass is 504 g/mol. The Labute approximate surface area is 199 Å². The average Bonchev–Trinajstić information content (AvgIpc) is 2.76. The number of aliphatic carboxylic acids is 3. The fourth-order valence-corrected chi connectivity index (χ4v) is 2.45. The highest BCUT2D eigenvalue weighted by Crippen LogP contribution is 2.25. The zero-order valence-electron chi connectivity index (χ0n) is 17.9. The Kier molecular flexibility index (Phi) is 13.7. The number of thiol groups is 1. The molecule has 3 unspecified atom stereocenters. The minimum absolute atomic E-state index is 0.0256. The maximum Gasteiger partial charge on any atom is 0.322 e. The molecule has 190 valence electrons. The van der Waals surface area contributed by atoms with Crippen molar-refractivity contribution in [2.24, 2.45) is 11.5 Å². The Balaban J connectivity index is 0.000000679. The van der Waals surface area contributed by atoms with Crippen molar-refractivity contribution >= 4 is 42.4 Å². The Morgan fingerprint density at radius 3 is 2.00 bits per heavy atom. The van der Waals surface area contributed by atoms with E-state index >= 15 is 0 Å². The van der Waals surface area contributed by atoms with Gasteiger partial charge in [-0.2, -0.15) is 12.6 Å². The van der Waals surface area contributed by atoms with Gasteiger partial charge in [0.1, 0.15) is 24.7 Å². The molecule has 2 amide bonds. The van der Waals surface area contributed by atoms with Crippen LogP contribution in [0.5, 0.6) is 11.5 Å². The quantitative estimate of drug-likeness (QED) is 0.108. The van der Waals surface area contributed by atoms with E-state index in [0.717, 1.165) is 0 Å². The molecule has 0 saturated carbocycles. The molecule has 0 saturated heterocycles. The lowest BCUT2D eigenvalue weighted by atomic mass is 10.1. The number of phenolic OH excluding ortho intramolecular Hbond substituents is 2. The molecule has 14 nitrogen and oxygen atoms in total. The number of phenols is 2. The number of nitrogens with one attached hydrogen (secondary N) is 2. The topological polar surface area (TPSA) is 263 Å². The first-order valence-electron chi connectivity index (χ1n) is 9.65. The standard InChI is InChI=1S/C10H17N3O6S.C9H11NO4/c11-5(10(18)19)1-2-7(14)13-6(4-20)9(17)12-3-8(15)16;10-6(9(13)14)3-5-1-2-7(11)8(12)4-5/h5-6,20H,1-4,11H2,(H,12,17)(H,13,14)(H,15,16)(H,18,19);1-2,4,6,11-12H,3,10H2,(H,13,14). The van der Waals surface area contributed by atoms with Crippen molar-refractivity contribution in [3.63, 3.8) is 0 Å². The van der Waals surface area contributed by atoms with Crippen molar-refractivity contribution < 1.29 is 49.5 Å². The van der Waals surface area contributed by atoms with Crippen molar-refractivity contribution in [1.82, 2.24) is 10.6 Å². The van der Waals surface area contributed by atoms with Gasteiger partial charge >= 0.3 is 17.9 Å². The van der Waals surface area contributed by atoms with Gasteiger partial charge < -0.3 is 47.6 Å². The second kappa shape index (κ2) is 15.3. The first-order valence-corrected chi connectivity index (χ1v) is 10.3. The predicted octanol–water partition coefficient (Wildman–Crippen LogP) is -2.15. The van der Waals surface area contributed by atoms with Gasteiger partial charge in [-0.1, -0.05) is 6.07 Å². The van der Waals surface area contributed by atoms with Crippen molar-refractivity contribution in [1.29, 1.82) is 0 Å². The second-order valence-corrected chi connectivity index (χ2v) is 7.23. The third kappa shape index (κ3) is 12.5. The minimum atomic E-state index is -1.22. The molecule has 0 fully saturated rings. The third-order valence-electron chi connectivity index (χ3n) is 4.06. The zero-order chi connectivity index (χ0) is 26.4. The number of hydrogen-bond acceptors (Lipinski definition) is 10. The smallest absolute Gasteiger partial charge is 0.322 e. The largest absolute Gasteiger partial charge is 0.504 e. The highest BCUT2D eigenvalue weighted by atomic mass is 32.1. The lowest BCUT2D eigenvalue weighted by Crippen LogP contribution is -2.49. The van der Waals surface area contributed by atoms with E-state index in [1.807, 2.05) is 0 Å². The first kappa shape index (κ1) is 30.4. The van der Waals surface area contributed by atoms with Crippen LogP contribution >= 0.6 is 12.6 Å². The number of nitrogens with two attached hydrogens (primary N) is 2. The number of aromatic hydroxyl groups is 2. The number of carboxylic acid groups (broad SMARTS) is 3. The molecule has 1 rings (SSSR count). The van der Waals surface area contributed by atoms with E-state index in [1.165, 1.54) is 18.2 Å². The van der Waals surface area contributed by atoms with E-state index in [9.17, 15) is 24.0 Å². The summed E-state index contributed by atoms with van der Waals surface area (Å²) in [7, 11) is 0. The van der Waals surface area contributed by atoms with Crippen molar-refractivity contribution in [2.45, 2.75) is 37.4 Å². The van der Waals surface area contributed by atoms with Gasteiger partial charge in [0.05, 0.1) is 0 Å². The highest BCUT2D eigenvalue weighted by molar-refractivity contribution is 7.80. The molecule has 0 aliphatic heterocycles. The molecule has 0 radical (unpaired) electrons. The van der Waals surface area contributed by atoms with Gasteiger partial charge in [0, 0.05) is 12.2 Å². The molecule has 34 heavy (non-hydrogen) atoms. The van der Waals surface area contributed by atoms with Gasteiger partial charge in [-0.15, -0.1) is 0 Å². The van der Waals surface area contributed by atoms with Crippen LogP contribution in [0.15, 0.2) is 18.2 Å². The number of hydrogen-bond donors (Lipinski definition) is 10. The SMILES string of the molecule is NC(CCC(=O)NC(CS)C(=O)NCC(=O)O)C(=O)O.NC(Cc1ccc(O)c(O)c1)C(=O)O. The van der Waals surface area contributed by atoms with Crippen LogP contribution in [0.25, 0.3) is 0 Å². The molecule has 0 bridgehead atoms. The third-order valence-corrected chi connectivity index (χ3v) is 4.43. The van der Waals surface area contributed by atoms with Crippen LogP contribution < -0.4 is 22.1 Å². The van der Waals surface area contributed by atoms with Gasteiger partial charge in [0.2, 0.25) is 11.8 Å². The van der Waals surface area contributed by atoms with Crippen molar-refractivity contribution in [3.05, 3.63) is 23.8 Å². The molecule has 0 aliphatic carbocycles. The number of carbonyl (C=O) groups is 5. The molecular weight excluding hydrogens is 476 g/mol. The van der Waals surface area contributed by atoms with Crippen LogP contribution in [0.4, 0.5) is 0 Å². The average molecular weight is 505 g/mol. The van der Waals surface area contributed by atoms with E-state index in [2.05, 4.69) is 23.3 Å². The Morgan fingerprint density at radius 2 is 1.53 bits per heavy atom. The maximum absolute atomic E-state index is 11.5. The summed E-state index contributed by atoms with van der Waals surface area (Å²) in [5.74, 6) is -5.32. The molecule has 1 aromatic rings. The summed E-state index contributed by atoms with van der Waals surface area (Å²) in [5, 5.41) is 48.0. The molecule has 0 aromatic heterocycles. The Hall–Kier alpha value is -3.56. The lowest BCUT2D eigenvalue weighted by molar-refractivity contribution is -0.139. The zero-order valence-corrected chi connectivity index (χ0v) is 18.8. The fraction of sp³-hybridized carbons (Fsp3) is 0.421. The van der Waals surface area contributed by atoms with Gasteiger partial charge in [0.25, 0.3) is 0 Å². The summed E-state index contributed by atoms with van der Waals surface area (Å²) < 4.78 is 0. The normalized spacial score (nSPS) is 12.8. The van der Waals surface area contributed by atoms with E-state index < -0.39 is 54.4 Å². The van der Waals surface area contributed by atoms with Crippen LogP contribution in [0.2, 0.25) is 0 Å². The number of rotatable bonds is 12. The van der Waals surface area contributed by atoms with Gasteiger partial charge in [0.15, 0.2) is 11.5 Å². The maximum atomic E-state index is 11.5.